The molecule has 1 atom stereocenters. The molecule has 1 aromatic carbocycles. The molecule has 0 saturated carbocycles. The van der Waals surface area contributed by atoms with E-state index in [0.29, 0.717) is 18.8 Å². The molecule has 0 amide bonds. The van der Waals surface area contributed by atoms with E-state index in [9.17, 15) is 5.11 Å². The third-order valence-electron chi connectivity index (χ3n) is 4.68. The van der Waals surface area contributed by atoms with E-state index in [1.54, 1.807) is 14.2 Å². The maximum absolute atomic E-state index is 10.4. The predicted molar refractivity (Wildman–Crippen MR) is 108 cm³/mol. The van der Waals surface area contributed by atoms with Gasteiger partial charge in [0.2, 0.25) is 0 Å². The molecule has 1 aliphatic heterocycles. The number of benzene rings is 1. The van der Waals surface area contributed by atoms with E-state index >= 15 is 0 Å². The number of ether oxygens (including phenoxy) is 4. The molecule has 1 N–H and O–H groups in total. The molecule has 0 radical (unpaired) electrons. The first-order valence-electron chi connectivity index (χ1n) is 9.59. The number of morpholine rings is 1. The van der Waals surface area contributed by atoms with Crippen LogP contribution in [0.1, 0.15) is 5.56 Å². The number of methoxy groups -OCH3 is 2. The Morgan fingerprint density at radius 2 is 2.07 bits per heavy atom. The van der Waals surface area contributed by atoms with Crippen molar-refractivity contribution in [1.29, 1.82) is 0 Å². The van der Waals surface area contributed by atoms with Gasteiger partial charge in [0.1, 0.15) is 6.61 Å². The third-order valence-corrected chi connectivity index (χ3v) is 4.68. The van der Waals surface area contributed by atoms with Gasteiger partial charge in [-0.25, -0.2) is 0 Å². The van der Waals surface area contributed by atoms with E-state index < -0.39 is 6.10 Å². The zero-order valence-corrected chi connectivity index (χ0v) is 16.9. The van der Waals surface area contributed by atoms with Crippen molar-refractivity contribution in [3.63, 3.8) is 0 Å². The third kappa shape index (κ3) is 7.30. The molecule has 28 heavy (non-hydrogen) atoms. The molecule has 1 heterocycles. The van der Waals surface area contributed by atoms with Crippen LogP contribution in [0.2, 0.25) is 0 Å². The van der Waals surface area contributed by atoms with Crippen LogP contribution in [-0.4, -0.2) is 94.4 Å². The van der Waals surface area contributed by atoms with E-state index in [1.165, 1.54) is 0 Å². The normalized spacial score (nSPS) is 16.0. The lowest BCUT2D eigenvalue weighted by atomic mass is 10.1. The molecule has 1 saturated heterocycles. The molecular formula is C21H32N2O5. The standard InChI is InChI=1S/C21H32N2O5/c1-4-12-28-17-19(24)16-23(9-8-22-10-13-27-14-11-22)15-18-6-5-7-20(25-2)21(18)26-3/h1,5-7,19,24H,8-17H2,2-3H3. The first kappa shape index (κ1) is 22.5. The summed E-state index contributed by atoms with van der Waals surface area (Å²) in [7, 11) is 3.27. The number of nitrogens with zero attached hydrogens (tertiary/aromatic N) is 2. The Labute approximate surface area is 168 Å². The van der Waals surface area contributed by atoms with Gasteiger partial charge in [0, 0.05) is 44.8 Å². The Kier molecular flexibility index (Phi) is 10.1. The van der Waals surface area contributed by atoms with Crippen LogP contribution >= 0.6 is 0 Å². The van der Waals surface area contributed by atoms with E-state index in [0.717, 1.165) is 50.7 Å². The number of rotatable bonds is 12. The van der Waals surface area contributed by atoms with E-state index in [2.05, 4.69) is 15.7 Å². The van der Waals surface area contributed by atoms with Crippen molar-refractivity contribution in [2.24, 2.45) is 0 Å². The van der Waals surface area contributed by atoms with E-state index in [1.807, 2.05) is 18.2 Å². The Hall–Kier alpha value is -1.82. The molecule has 1 aliphatic rings. The van der Waals surface area contributed by atoms with Gasteiger partial charge < -0.3 is 24.1 Å². The molecule has 0 aliphatic carbocycles. The minimum absolute atomic E-state index is 0.203. The molecule has 7 heteroatoms. The minimum Gasteiger partial charge on any atom is -0.493 e. The summed E-state index contributed by atoms with van der Waals surface area (Å²) in [6.07, 6.45) is 4.58. The van der Waals surface area contributed by atoms with Gasteiger partial charge >= 0.3 is 0 Å². The summed E-state index contributed by atoms with van der Waals surface area (Å²) in [5, 5.41) is 10.4. The van der Waals surface area contributed by atoms with Crippen LogP contribution in [0.25, 0.3) is 0 Å². The molecule has 1 aromatic rings. The highest BCUT2D eigenvalue weighted by atomic mass is 16.5. The van der Waals surface area contributed by atoms with Crippen LogP contribution in [0, 0.1) is 12.3 Å². The molecule has 1 fully saturated rings. The highest BCUT2D eigenvalue weighted by Gasteiger charge is 2.18. The van der Waals surface area contributed by atoms with Crippen molar-refractivity contribution in [1.82, 2.24) is 9.80 Å². The monoisotopic (exact) mass is 392 g/mol. The fourth-order valence-corrected chi connectivity index (χ4v) is 3.27. The van der Waals surface area contributed by atoms with Crippen LogP contribution in [0.15, 0.2) is 18.2 Å². The van der Waals surface area contributed by atoms with Gasteiger partial charge in [0.05, 0.1) is 40.1 Å². The highest BCUT2D eigenvalue weighted by molar-refractivity contribution is 5.46. The molecular weight excluding hydrogens is 360 g/mol. The number of para-hydroxylation sites is 1. The smallest absolute Gasteiger partial charge is 0.165 e. The maximum atomic E-state index is 10.4. The topological polar surface area (TPSA) is 63.6 Å². The Morgan fingerprint density at radius 1 is 1.29 bits per heavy atom. The largest absolute Gasteiger partial charge is 0.493 e. The fourth-order valence-electron chi connectivity index (χ4n) is 3.27. The SMILES string of the molecule is C#CCOCC(O)CN(CCN1CCOCC1)Cc1cccc(OC)c1OC. The lowest BCUT2D eigenvalue weighted by Crippen LogP contribution is -2.43. The molecule has 0 spiro atoms. The summed E-state index contributed by atoms with van der Waals surface area (Å²) in [5.74, 6) is 3.84. The van der Waals surface area contributed by atoms with Crippen LogP contribution in [0.4, 0.5) is 0 Å². The molecule has 2 rings (SSSR count). The second-order valence-corrected chi connectivity index (χ2v) is 6.71. The van der Waals surface area contributed by atoms with Crippen molar-refractivity contribution in [3.05, 3.63) is 23.8 Å². The van der Waals surface area contributed by atoms with Crippen LogP contribution in [0.3, 0.4) is 0 Å². The van der Waals surface area contributed by atoms with Crippen molar-refractivity contribution in [2.75, 3.05) is 73.4 Å². The molecule has 0 aromatic heterocycles. The predicted octanol–water partition coefficient (Wildman–Crippen LogP) is 0.849. The van der Waals surface area contributed by atoms with Gasteiger partial charge in [-0.1, -0.05) is 18.1 Å². The van der Waals surface area contributed by atoms with Crippen molar-refractivity contribution >= 4 is 0 Å². The maximum Gasteiger partial charge on any atom is 0.165 e. The van der Waals surface area contributed by atoms with Gasteiger partial charge in [0.25, 0.3) is 0 Å². The number of hydrogen-bond acceptors (Lipinski definition) is 7. The number of aliphatic hydroxyl groups is 1. The van der Waals surface area contributed by atoms with Gasteiger partial charge in [-0.15, -0.1) is 6.42 Å². The molecule has 156 valence electrons. The summed E-state index contributed by atoms with van der Waals surface area (Å²) < 4.78 is 21.7. The quantitative estimate of drug-likeness (QED) is 0.418. The van der Waals surface area contributed by atoms with Gasteiger partial charge in [0.15, 0.2) is 11.5 Å². The van der Waals surface area contributed by atoms with E-state index in [-0.39, 0.29) is 13.2 Å². The van der Waals surface area contributed by atoms with Crippen LogP contribution < -0.4 is 9.47 Å². The van der Waals surface area contributed by atoms with Crippen molar-refractivity contribution < 1.29 is 24.1 Å². The average Bonchev–Trinajstić information content (AvgIpc) is 2.72. The number of terminal acetylenes is 1. The summed E-state index contributed by atoms with van der Waals surface area (Å²) in [6.45, 7) is 6.67. The fraction of sp³-hybridized carbons (Fsp3) is 0.619. The first-order valence-corrected chi connectivity index (χ1v) is 9.59. The van der Waals surface area contributed by atoms with Gasteiger partial charge in [-0.05, 0) is 6.07 Å². The first-order chi connectivity index (χ1) is 13.7. The minimum atomic E-state index is -0.616. The van der Waals surface area contributed by atoms with Crippen LogP contribution in [-0.2, 0) is 16.0 Å². The van der Waals surface area contributed by atoms with Crippen LogP contribution in [0.5, 0.6) is 11.5 Å². The molecule has 0 bridgehead atoms. The lowest BCUT2D eigenvalue weighted by molar-refractivity contribution is 0.0135. The second kappa shape index (κ2) is 12.6. The Balaban J connectivity index is 2.03. The van der Waals surface area contributed by atoms with Gasteiger partial charge in [-0.3, -0.25) is 9.80 Å². The Morgan fingerprint density at radius 3 is 2.75 bits per heavy atom. The summed E-state index contributed by atoms with van der Waals surface area (Å²) in [4.78, 5) is 4.58. The highest BCUT2D eigenvalue weighted by Crippen LogP contribution is 2.31. The Bertz CT molecular complexity index is 613. The number of hydrogen-bond donors (Lipinski definition) is 1. The summed E-state index contributed by atoms with van der Waals surface area (Å²) in [6, 6.07) is 5.84. The van der Waals surface area contributed by atoms with Gasteiger partial charge in [-0.2, -0.15) is 0 Å². The lowest BCUT2D eigenvalue weighted by Gasteiger charge is -2.31. The molecule has 1 unspecified atom stereocenters. The van der Waals surface area contributed by atoms with Crippen molar-refractivity contribution in [2.45, 2.75) is 12.6 Å². The zero-order valence-electron chi connectivity index (χ0n) is 16.9. The summed E-state index contributed by atoms with van der Waals surface area (Å²) >= 11 is 0. The molecule has 7 nitrogen and oxygen atoms in total. The van der Waals surface area contributed by atoms with E-state index in [4.69, 9.17) is 25.4 Å². The zero-order chi connectivity index (χ0) is 20.2. The number of aliphatic hydroxyl groups excluding tert-OH is 1. The van der Waals surface area contributed by atoms with Crippen molar-refractivity contribution in [3.8, 4) is 23.8 Å². The second-order valence-electron chi connectivity index (χ2n) is 6.71. The summed E-state index contributed by atoms with van der Waals surface area (Å²) in [5.41, 5.74) is 1.01. The average molecular weight is 392 g/mol.